The number of H-pyrrole nitrogens is 1. The third kappa shape index (κ3) is 3.56. The number of hydrogen-bond acceptors (Lipinski definition) is 4. The minimum absolute atomic E-state index is 0.0372. The average molecular weight is 522 g/mol. The van der Waals surface area contributed by atoms with Gasteiger partial charge < -0.3 is 34.5 Å². The highest BCUT2D eigenvalue weighted by molar-refractivity contribution is 6.36. The molecule has 1 atom stereocenters. The van der Waals surface area contributed by atoms with Crippen LogP contribution in [0.1, 0.15) is 5.56 Å². The minimum Gasteiger partial charge on any atom is -0.494 e. The van der Waals surface area contributed by atoms with E-state index in [1.807, 2.05) is 37.3 Å². The van der Waals surface area contributed by atoms with Gasteiger partial charge in [-0.25, -0.2) is 0 Å². The fourth-order valence-electron chi connectivity index (χ4n) is 6.36. The molecule has 7 rings (SSSR count). The van der Waals surface area contributed by atoms with Gasteiger partial charge in [-0.2, -0.15) is 0 Å². The van der Waals surface area contributed by atoms with Gasteiger partial charge in [-0.1, -0.05) is 24.3 Å². The fourth-order valence-corrected chi connectivity index (χ4v) is 6.36. The van der Waals surface area contributed by atoms with Crippen LogP contribution in [-0.2, 0) is 17.9 Å². The Morgan fingerprint density at radius 3 is 2.54 bits per heavy atom. The van der Waals surface area contributed by atoms with Crippen LogP contribution in [0.4, 0.5) is 0 Å². The maximum absolute atomic E-state index is 12.4. The second-order valence-electron chi connectivity index (χ2n) is 10.9. The maximum atomic E-state index is 12.4. The fraction of sp³-hybridized carbons (Fsp3) is 0.258. The van der Waals surface area contributed by atoms with Crippen LogP contribution in [0.5, 0.6) is 5.88 Å². The summed E-state index contributed by atoms with van der Waals surface area (Å²) in [6, 6.07) is 14.6. The summed E-state index contributed by atoms with van der Waals surface area (Å²) in [6.45, 7) is 2.83. The van der Waals surface area contributed by atoms with Crippen LogP contribution < -0.4 is 5.32 Å². The third-order valence-electron chi connectivity index (χ3n) is 8.09. The normalized spacial score (nSPS) is 15.7. The van der Waals surface area contributed by atoms with Crippen molar-refractivity contribution in [1.29, 1.82) is 0 Å². The number of amides is 1. The smallest absolute Gasteiger partial charge is 0.244 e. The van der Waals surface area contributed by atoms with Crippen molar-refractivity contribution < 1.29 is 15.0 Å². The molecule has 3 aromatic carbocycles. The predicted molar refractivity (Wildman–Crippen MR) is 157 cm³/mol. The largest absolute Gasteiger partial charge is 0.494 e. The molecule has 0 spiro atoms. The van der Waals surface area contributed by atoms with Gasteiger partial charge in [0.2, 0.25) is 5.91 Å². The molecular formula is C31H31N5O3. The molecule has 39 heavy (non-hydrogen) atoms. The number of benzene rings is 3. The number of aromatic amines is 1. The Morgan fingerprint density at radius 1 is 1.03 bits per heavy atom. The molecule has 1 aliphatic rings. The van der Waals surface area contributed by atoms with Crippen LogP contribution in [0, 0.1) is 5.92 Å². The lowest BCUT2D eigenvalue weighted by Crippen LogP contribution is -2.30. The molecule has 1 aliphatic heterocycles. The van der Waals surface area contributed by atoms with Crippen LogP contribution >= 0.6 is 0 Å². The molecule has 4 N–H and O–H groups in total. The summed E-state index contributed by atoms with van der Waals surface area (Å²) >= 11 is 0. The van der Waals surface area contributed by atoms with E-state index in [-0.39, 0.29) is 24.3 Å². The van der Waals surface area contributed by atoms with E-state index in [4.69, 9.17) is 0 Å². The number of fused-ring (bicyclic) bond motifs is 9. The van der Waals surface area contributed by atoms with E-state index < -0.39 is 0 Å². The number of hydrogen-bond donors (Lipinski definition) is 4. The van der Waals surface area contributed by atoms with Crippen LogP contribution in [0.25, 0.3) is 60.5 Å². The second-order valence-corrected chi connectivity index (χ2v) is 10.9. The predicted octanol–water partition coefficient (Wildman–Crippen LogP) is 4.40. The van der Waals surface area contributed by atoms with E-state index in [1.165, 1.54) is 0 Å². The second kappa shape index (κ2) is 8.90. The van der Waals surface area contributed by atoms with Crippen molar-refractivity contribution in [3.8, 4) is 5.88 Å². The molecule has 0 saturated carbocycles. The first-order chi connectivity index (χ1) is 19.0. The number of aromatic nitrogens is 3. The molecule has 6 aromatic rings. The minimum atomic E-state index is -0.128. The molecule has 1 amide bonds. The number of likely N-dealkylation sites (N-methyl/N-ethyl adjacent to an activating group) is 1. The van der Waals surface area contributed by atoms with E-state index in [2.05, 4.69) is 55.8 Å². The highest BCUT2D eigenvalue weighted by Gasteiger charge is 2.29. The molecule has 0 aliphatic carbocycles. The Balaban J connectivity index is 1.51. The monoisotopic (exact) mass is 521 g/mol. The molecule has 4 heterocycles. The number of carbonyl (C=O) groups excluding carboxylic acids is 1. The summed E-state index contributed by atoms with van der Waals surface area (Å²) in [4.78, 5) is 17.5. The zero-order valence-electron chi connectivity index (χ0n) is 22.0. The zero-order chi connectivity index (χ0) is 26.8. The topological polar surface area (TPSA) is 98.5 Å². The van der Waals surface area contributed by atoms with Crippen molar-refractivity contribution >= 4 is 66.4 Å². The van der Waals surface area contributed by atoms with Crippen LogP contribution in [0.15, 0.2) is 54.7 Å². The van der Waals surface area contributed by atoms with Gasteiger partial charge in [-0.3, -0.25) is 4.79 Å². The Hall–Kier alpha value is -4.27. The van der Waals surface area contributed by atoms with E-state index in [0.717, 1.165) is 66.5 Å². The number of nitrogens with zero attached hydrogens (tertiary/aromatic N) is 3. The summed E-state index contributed by atoms with van der Waals surface area (Å²) in [7, 11) is 3.95. The quantitative estimate of drug-likeness (QED) is 0.244. The van der Waals surface area contributed by atoms with Crippen molar-refractivity contribution in [1.82, 2.24) is 24.3 Å². The van der Waals surface area contributed by atoms with Crippen molar-refractivity contribution in [2.24, 2.45) is 5.92 Å². The summed E-state index contributed by atoms with van der Waals surface area (Å²) in [5, 5.41) is 30.4. The van der Waals surface area contributed by atoms with Gasteiger partial charge in [0, 0.05) is 88.9 Å². The van der Waals surface area contributed by atoms with E-state index >= 15 is 0 Å². The molecule has 198 valence electrons. The first-order valence-corrected chi connectivity index (χ1v) is 13.4. The highest BCUT2D eigenvalue weighted by atomic mass is 16.3. The number of aliphatic hydroxyl groups excluding tert-OH is 1. The SMILES string of the molecule is CN(C)CCNC(=O)C=Cc1ccc2c(c1)c1c3c(O)[nH]cc3c3c4ccccc4n4c3c1n2CC(CO)C4. The third-order valence-corrected chi connectivity index (χ3v) is 8.09. The Morgan fingerprint density at radius 2 is 1.77 bits per heavy atom. The molecule has 0 radical (unpaired) electrons. The van der Waals surface area contributed by atoms with Crippen molar-refractivity contribution in [2.45, 2.75) is 13.1 Å². The number of aromatic hydroxyl groups is 1. The van der Waals surface area contributed by atoms with Gasteiger partial charge in [0.25, 0.3) is 0 Å². The van der Waals surface area contributed by atoms with Crippen LogP contribution in [0.3, 0.4) is 0 Å². The first-order valence-electron chi connectivity index (χ1n) is 13.4. The van der Waals surface area contributed by atoms with Crippen molar-refractivity contribution in [2.75, 3.05) is 33.8 Å². The van der Waals surface area contributed by atoms with Gasteiger partial charge in [-0.05, 0) is 43.9 Å². The van der Waals surface area contributed by atoms with Crippen LogP contribution in [-0.4, -0.2) is 68.9 Å². The molecule has 0 bridgehead atoms. The lowest BCUT2D eigenvalue weighted by atomic mass is 10.0. The van der Waals surface area contributed by atoms with Crippen molar-refractivity contribution in [3.05, 3.63) is 60.3 Å². The summed E-state index contributed by atoms with van der Waals surface area (Å²) < 4.78 is 4.65. The van der Waals surface area contributed by atoms with Crippen molar-refractivity contribution in [3.63, 3.8) is 0 Å². The number of aliphatic hydroxyl groups is 1. The van der Waals surface area contributed by atoms with Gasteiger partial charge in [0.15, 0.2) is 5.88 Å². The van der Waals surface area contributed by atoms with Gasteiger partial charge in [-0.15, -0.1) is 0 Å². The molecule has 8 nitrogen and oxygen atoms in total. The van der Waals surface area contributed by atoms with E-state index in [9.17, 15) is 15.0 Å². The molecular weight excluding hydrogens is 490 g/mol. The summed E-state index contributed by atoms with van der Waals surface area (Å²) in [6.07, 6.45) is 5.30. The highest BCUT2D eigenvalue weighted by Crippen LogP contribution is 2.48. The standard InChI is InChI=1S/C31H31N5O3/c1-34(2)12-11-32-25(38)10-8-18-7-9-24-21(13-18)27-28-22(14-33-31(28)39)26-20-5-3-4-6-23(20)35-15-19(17-37)16-36(24)30(27)29(26)35/h3-10,13-14,19,33,37,39H,11-12,15-17H2,1-2H3,(H,32,38). The van der Waals surface area contributed by atoms with Gasteiger partial charge >= 0.3 is 0 Å². The zero-order valence-corrected chi connectivity index (χ0v) is 22.0. The molecule has 0 fully saturated rings. The number of para-hydroxylation sites is 1. The number of carbonyl (C=O) groups is 1. The van der Waals surface area contributed by atoms with E-state index in [0.29, 0.717) is 19.6 Å². The van der Waals surface area contributed by atoms with Gasteiger partial charge in [0.05, 0.1) is 16.4 Å². The summed E-state index contributed by atoms with van der Waals surface area (Å²) in [5.41, 5.74) is 5.27. The Labute approximate surface area is 224 Å². The van der Waals surface area contributed by atoms with Crippen LogP contribution in [0.2, 0.25) is 0 Å². The number of rotatable bonds is 6. The maximum Gasteiger partial charge on any atom is 0.244 e. The summed E-state index contributed by atoms with van der Waals surface area (Å²) in [5.74, 6) is 0.0542. The molecule has 0 saturated heterocycles. The lowest BCUT2D eigenvalue weighted by molar-refractivity contribution is -0.116. The molecule has 3 aromatic heterocycles. The Bertz CT molecular complexity index is 1960. The van der Waals surface area contributed by atoms with E-state index in [1.54, 1.807) is 6.08 Å². The first kappa shape index (κ1) is 23.8. The number of nitrogens with one attached hydrogen (secondary N) is 2. The molecule has 8 heteroatoms. The Kier molecular flexibility index (Phi) is 5.43. The van der Waals surface area contributed by atoms with Gasteiger partial charge in [0.1, 0.15) is 0 Å². The molecule has 1 unspecified atom stereocenters. The average Bonchev–Trinajstić information content (AvgIpc) is 3.52. The lowest BCUT2D eigenvalue weighted by Gasteiger charge is -2.15.